The largest absolute Gasteiger partial charge is 0.481 e. The van der Waals surface area contributed by atoms with Crippen LogP contribution in [0.1, 0.15) is 12.8 Å². The van der Waals surface area contributed by atoms with E-state index in [1.807, 2.05) is 0 Å². The number of aliphatic carboxylic acids is 1. The van der Waals surface area contributed by atoms with Crippen molar-refractivity contribution < 1.29 is 14.7 Å². The van der Waals surface area contributed by atoms with Gasteiger partial charge in [0.25, 0.3) is 0 Å². The second-order valence-corrected chi connectivity index (χ2v) is 4.37. The van der Waals surface area contributed by atoms with Crippen LogP contribution in [0.25, 0.3) is 0 Å². The zero-order valence-corrected chi connectivity index (χ0v) is 9.23. The quantitative estimate of drug-likeness (QED) is 0.599. The Balaban J connectivity index is 2.40. The highest BCUT2D eigenvalue weighted by atomic mass is 32.2. The first-order chi connectivity index (χ1) is 7.11. The van der Waals surface area contributed by atoms with E-state index in [2.05, 4.69) is 21.8 Å². The SMILES string of the molecule is [CH2]Sc1nnc(NC(=O)CCC(=O)O)s1. The summed E-state index contributed by atoms with van der Waals surface area (Å²) in [5, 5.41) is 18.6. The highest BCUT2D eigenvalue weighted by Crippen LogP contribution is 2.23. The van der Waals surface area contributed by atoms with Crippen molar-refractivity contribution in [2.45, 2.75) is 17.2 Å². The first-order valence-electron chi connectivity index (χ1n) is 3.89. The molecule has 0 bridgehead atoms. The van der Waals surface area contributed by atoms with Crippen LogP contribution in [0.2, 0.25) is 0 Å². The average molecular weight is 246 g/mol. The van der Waals surface area contributed by atoms with Crippen molar-refractivity contribution in [3.05, 3.63) is 6.26 Å². The summed E-state index contributed by atoms with van der Waals surface area (Å²) in [5.74, 6) is -1.38. The van der Waals surface area contributed by atoms with Crippen molar-refractivity contribution in [3.8, 4) is 0 Å². The summed E-state index contributed by atoms with van der Waals surface area (Å²) in [7, 11) is 0. The number of carbonyl (C=O) groups excluding carboxylic acids is 1. The van der Waals surface area contributed by atoms with E-state index in [4.69, 9.17) is 5.11 Å². The molecule has 1 amide bonds. The van der Waals surface area contributed by atoms with Gasteiger partial charge in [-0.1, -0.05) is 23.1 Å². The summed E-state index contributed by atoms with van der Waals surface area (Å²) >= 11 is 2.38. The Morgan fingerprint density at radius 3 is 2.73 bits per heavy atom. The molecule has 0 spiro atoms. The number of hydrogen-bond acceptors (Lipinski definition) is 6. The fourth-order valence-corrected chi connectivity index (χ4v) is 1.79. The predicted octanol–water partition coefficient (Wildman–Crippen LogP) is 1.23. The van der Waals surface area contributed by atoms with E-state index < -0.39 is 5.97 Å². The van der Waals surface area contributed by atoms with Gasteiger partial charge in [0.2, 0.25) is 11.0 Å². The van der Waals surface area contributed by atoms with Gasteiger partial charge < -0.3 is 10.4 Å². The molecule has 0 aliphatic rings. The zero-order valence-electron chi connectivity index (χ0n) is 7.60. The van der Waals surface area contributed by atoms with Gasteiger partial charge in [0.05, 0.1) is 6.42 Å². The molecule has 0 saturated carbocycles. The van der Waals surface area contributed by atoms with Gasteiger partial charge in [-0.25, -0.2) is 0 Å². The number of thioether (sulfide) groups is 1. The molecule has 2 N–H and O–H groups in total. The third-order valence-electron chi connectivity index (χ3n) is 1.34. The van der Waals surface area contributed by atoms with Gasteiger partial charge >= 0.3 is 5.97 Å². The van der Waals surface area contributed by atoms with Gasteiger partial charge in [-0.2, -0.15) is 0 Å². The minimum Gasteiger partial charge on any atom is -0.481 e. The topological polar surface area (TPSA) is 92.2 Å². The van der Waals surface area contributed by atoms with Crippen LogP contribution in [0.5, 0.6) is 0 Å². The Labute approximate surface area is 94.1 Å². The van der Waals surface area contributed by atoms with Crippen LogP contribution in [-0.4, -0.2) is 27.2 Å². The lowest BCUT2D eigenvalue weighted by Gasteiger charge is -1.97. The summed E-state index contributed by atoms with van der Waals surface area (Å²) in [5.41, 5.74) is 0. The summed E-state index contributed by atoms with van der Waals surface area (Å²) in [6, 6.07) is 0. The molecule has 81 valence electrons. The summed E-state index contributed by atoms with van der Waals surface area (Å²) in [6.45, 7) is 0. The van der Waals surface area contributed by atoms with E-state index in [0.29, 0.717) is 9.47 Å². The number of rotatable bonds is 5. The van der Waals surface area contributed by atoms with Crippen molar-refractivity contribution >= 4 is 40.1 Å². The summed E-state index contributed by atoms with van der Waals surface area (Å²) < 4.78 is 0.642. The van der Waals surface area contributed by atoms with E-state index in [-0.39, 0.29) is 18.7 Å². The molecule has 0 saturated heterocycles. The molecule has 8 heteroatoms. The highest BCUT2D eigenvalue weighted by molar-refractivity contribution is 8.02. The lowest BCUT2D eigenvalue weighted by Crippen LogP contribution is -2.12. The number of nitrogens with one attached hydrogen (secondary N) is 1. The lowest BCUT2D eigenvalue weighted by molar-refractivity contribution is -0.138. The van der Waals surface area contributed by atoms with Crippen molar-refractivity contribution in [3.63, 3.8) is 0 Å². The van der Waals surface area contributed by atoms with Crippen LogP contribution in [0, 0.1) is 6.26 Å². The molecule has 1 heterocycles. The molecule has 0 atom stereocenters. The van der Waals surface area contributed by atoms with Gasteiger partial charge in [-0.15, -0.1) is 10.2 Å². The number of aromatic nitrogens is 2. The number of carboxylic acids is 1. The number of carbonyl (C=O) groups is 2. The van der Waals surface area contributed by atoms with Gasteiger partial charge in [-0.3, -0.25) is 9.59 Å². The third-order valence-corrected chi connectivity index (χ3v) is 2.91. The van der Waals surface area contributed by atoms with Crippen LogP contribution in [0.3, 0.4) is 0 Å². The van der Waals surface area contributed by atoms with Gasteiger partial charge in [0.1, 0.15) is 0 Å². The molecule has 0 aliphatic carbocycles. The monoisotopic (exact) mass is 246 g/mol. The van der Waals surface area contributed by atoms with Crippen LogP contribution in [-0.2, 0) is 9.59 Å². The molecular weight excluding hydrogens is 238 g/mol. The maximum absolute atomic E-state index is 11.2. The van der Waals surface area contributed by atoms with Gasteiger partial charge in [0, 0.05) is 12.7 Å². The number of nitrogens with zero attached hydrogens (tertiary/aromatic N) is 2. The molecule has 6 nitrogen and oxygen atoms in total. The van der Waals surface area contributed by atoms with Crippen molar-refractivity contribution in [1.82, 2.24) is 10.2 Å². The predicted molar refractivity (Wildman–Crippen MR) is 56.6 cm³/mol. The minimum absolute atomic E-state index is 0.0677. The van der Waals surface area contributed by atoms with E-state index in [0.717, 1.165) is 0 Å². The Bertz CT molecular complexity index is 366. The molecule has 1 rings (SSSR count). The van der Waals surface area contributed by atoms with Crippen LogP contribution in [0.4, 0.5) is 5.13 Å². The maximum Gasteiger partial charge on any atom is 0.303 e. The minimum atomic E-state index is -1.00. The number of carboxylic acid groups (broad SMARTS) is 1. The second-order valence-electron chi connectivity index (χ2n) is 2.46. The molecule has 15 heavy (non-hydrogen) atoms. The van der Waals surface area contributed by atoms with Crippen molar-refractivity contribution in [1.29, 1.82) is 0 Å². The van der Waals surface area contributed by atoms with E-state index in [1.54, 1.807) is 0 Å². The second kappa shape index (κ2) is 5.66. The molecule has 0 aromatic carbocycles. The summed E-state index contributed by atoms with van der Waals surface area (Å²) in [4.78, 5) is 21.3. The molecule has 0 aliphatic heterocycles. The first kappa shape index (κ1) is 11.9. The third kappa shape index (κ3) is 4.26. The smallest absolute Gasteiger partial charge is 0.303 e. The maximum atomic E-state index is 11.2. The lowest BCUT2D eigenvalue weighted by atomic mass is 10.3. The number of anilines is 1. The molecule has 1 radical (unpaired) electrons. The fourth-order valence-electron chi connectivity index (χ4n) is 0.721. The average Bonchev–Trinajstić information content (AvgIpc) is 2.62. The highest BCUT2D eigenvalue weighted by Gasteiger charge is 2.09. The van der Waals surface area contributed by atoms with E-state index >= 15 is 0 Å². The van der Waals surface area contributed by atoms with Gasteiger partial charge in [0.15, 0.2) is 4.34 Å². The normalized spacial score (nSPS) is 9.93. The molecule has 1 aromatic rings. The Hall–Kier alpha value is -1.15. The van der Waals surface area contributed by atoms with Crippen molar-refractivity contribution in [2.75, 3.05) is 5.32 Å². The molecule has 1 aromatic heterocycles. The van der Waals surface area contributed by atoms with Crippen LogP contribution < -0.4 is 5.32 Å². The standard InChI is InChI=1S/C7H8N3O3S2/c1-14-7-10-9-6(15-7)8-4(11)2-3-5(12)13/h1-3H2,(H,12,13)(H,8,9,11). The molecular formula is C7H8N3O3S2. The van der Waals surface area contributed by atoms with E-state index in [1.165, 1.54) is 23.1 Å². The van der Waals surface area contributed by atoms with Crippen LogP contribution in [0.15, 0.2) is 4.34 Å². The zero-order chi connectivity index (χ0) is 11.3. The van der Waals surface area contributed by atoms with E-state index in [9.17, 15) is 9.59 Å². The number of hydrogen-bond donors (Lipinski definition) is 2. The summed E-state index contributed by atoms with van der Waals surface area (Å²) in [6.07, 6.45) is 3.28. The van der Waals surface area contributed by atoms with Crippen LogP contribution >= 0.6 is 23.1 Å². The Kier molecular flexibility index (Phi) is 4.50. The number of amides is 1. The molecule has 0 fully saturated rings. The Morgan fingerprint density at radius 1 is 1.47 bits per heavy atom. The molecule has 0 unspecified atom stereocenters. The van der Waals surface area contributed by atoms with Crippen molar-refractivity contribution in [2.24, 2.45) is 0 Å². The fraction of sp³-hybridized carbons (Fsp3) is 0.286. The Morgan fingerprint density at radius 2 is 2.20 bits per heavy atom. The first-order valence-corrected chi connectivity index (χ1v) is 5.69. The van der Waals surface area contributed by atoms with Gasteiger partial charge in [-0.05, 0) is 0 Å².